The average molecular weight is 272 g/mol. The molecule has 0 bridgehead atoms. The molecule has 0 amide bonds. The minimum atomic E-state index is -3.14. The molecule has 0 aromatic carbocycles. The van der Waals surface area contributed by atoms with Crippen LogP contribution in [0.4, 0.5) is 0 Å². The smallest absolute Gasteiger partial charge is 0.224 e. The van der Waals surface area contributed by atoms with Crippen molar-refractivity contribution in [2.24, 2.45) is 5.92 Å². The van der Waals surface area contributed by atoms with E-state index in [1.165, 1.54) is 4.31 Å². The van der Waals surface area contributed by atoms with Crippen molar-refractivity contribution in [3.8, 4) is 0 Å². The molecule has 1 rings (SSSR count). The lowest BCUT2D eigenvalue weighted by molar-refractivity contribution is 0.0630. The summed E-state index contributed by atoms with van der Waals surface area (Å²) in [5, 5.41) is 9.40. The van der Waals surface area contributed by atoms with Gasteiger partial charge in [0.2, 0.25) is 10.0 Å². The first-order chi connectivity index (χ1) is 5.97. The Hall–Kier alpha value is 0.350. The van der Waals surface area contributed by atoms with Crippen LogP contribution in [0.1, 0.15) is 13.3 Å². The topological polar surface area (TPSA) is 57.6 Å². The summed E-state index contributed by atoms with van der Waals surface area (Å²) in [6.07, 6.45) is 0.176. The number of rotatable bonds is 2. The van der Waals surface area contributed by atoms with Crippen LogP contribution in [0.15, 0.2) is 0 Å². The highest BCUT2D eigenvalue weighted by atomic mass is 79.9. The normalized spacial score (nSPS) is 31.9. The summed E-state index contributed by atoms with van der Waals surface area (Å²) in [7, 11) is -3.14. The maximum Gasteiger partial charge on any atom is 0.224 e. The van der Waals surface area contributed by atoms with Crippen LogP contribution in [0.2, 0.25) is 0 Å². The highest BCUT2D eigenvalue weighted by molar-refractivity contribution is 9.10. The fourth-order valence-corrected chi connectivity index (χ4v) is 3.27. The van der Waals surface area contributed by atoms with Crippen LogP contribution in [-0.2, 0) is 10.0 Å². The van der Waals surface area contributed by atoms with Crippen molar-refractivity contribution in [3.05, 3.63) is 0 Å². The molecule has 1 heterocycles. The zero-order chi connectivity index (χ0) is 10.1. The SMILES string of the molecule is CC1CN(S(=O)(=O)CBr)CCC1O. The Labute approximate surface area is 87.1 Å². The van der Waals surface area contributed by atoms with Crippen LogP contribution in [0, 0.1) is 5.92 Å². The summed E-state index contributed by atoms with van der Waals surface area (Å²) in [6.45, 7) is 2.72. The van der Waals surface area contributed by atoms with Crippen LogP contribution in [0.3, 0.4) is 0 Å². The lowest BCUT2D eigenvalue weighted by atomic mass is 9.99. The van der Waals surface area contributed by atoms with Crippen molar-refractivity contribution in [2.45, 2.75) is 19.4 Å². The maximum atomic E-state index is 11.4. The molecule has 0 aromatic heterocycles. The highest BCUT2D eigenvalue weighted by Gasteiger charge is 2.30. The van der Waals surface area contributed by atoms with Crippen molar-refractivity contribution in [3.63, 3.8) is 0 Å². The molecule has 2 unspecified atom stereocenters. The molecule has 1 fully saturated rings. The lowest BCUT2D eigenvalue weighted by Gasteiger charge is -2.32. The first-order valence-electron chi connectivity index (χ1n) is 4.19. The predicted octanol–water partition coefficient (Wildman–Crippen LogP) is 0.371. The van der Waals surface area contributed by atoms with Gasteiger partial charge in [0.05, 0.1) is 6.10 Å². The Balaban J connectivity index is 2.66. The molecule has 4 nitrogen and oxygen atoms in total. The van der Waals surface area contributed by atoms with E-state index in [2.05, 4.69) is 15.9 Å². The van der Waals surface area contributed by atoms with E-state index < -0.39 is 10.0 Å². The van der Waals surface area contributed by atoms with Gasteiger partial charge < -0.3 is 5.11 Å². The van der Waals surface area contributed by atoms with Gasteiger partial charge in [0.25, 0.3) is 0 Å². The molecule has 1 N–H and O–H groups in total. The summed E-state index contributed by atoms with van der Waals surface area (Å²) in [5.74, 6) is 0.0302. The van der Waals surface area contributed by atoms with E-state index in [9.17, 15) is 13.5 Å². The molecule has 78 valence electrons. The third-order valence-electron chi connectivity index (χ3n) is 2.35. The van der Waals surface area contributed by atoms with Crippen molar-refractivity contribution >= 4 is 26.0 Å². The molecule has 0 aliphatic carbocycles. The van der Waals surface area contributed by atoms with Crippen LogP contribution in [0.5, 0.6) is 0 Å². The minimum Gasteiger partial charge on any atom is -0.393 e. The van der Waals surface area contributed by atoms with Crippen LogP contribution in [-0.4, -0.2) is 41.7 Å². The number of hydrogen-bond acceptors (Lipinski definition) is 3. The average Bonchev–Trinajstić information content (AvgIpc) is 2.09. The number of sulfonamides is 1. The first kappa shape index (κ1) is 11.4. The van der Waals surface area contributed by atoms with Crippen molar-refractivity contribution < 1.29 is 13.5 Å². The Morgan fingerprint density at radius 3 is 2.69 bits per heavy atom. The van der Waals surface area contributed by atoms with Crippen molar-refractivity contribution in [2.75, 3.05) is 17.8 Å². The van der Waals surface area contributed by atoms with E-state index in [-0.39, 0.29) is 16.7 Å². The number of aliphatic hydroxyl groups excluding tert-OH is 1. The van der Waals surface area contributed by atoms with E-state index in [0.717, 1.165) is 0 Å². The molecule has 6 heteroatoms. The van der Waals surface area contributed by atoms with Gasteiger partial charge in [-0.25, -0.2) is 12.7 Å². The number of hydrogen-bond donors (Lipinski definition) is 1. The van der Waals surface area contributed by atoms with Gasteiger partial charge in [-0.2, -0.15) is 0 Å². The predicted molar refractivity (Wildman–Crippen MR) is 54.1 cm³/mol. The Bertz CT molecular complexity index is 267. The fraction of sp³-hybridized carbons (Fsp3) is 1.00. The second-order valence-electron chi connectivity index (χ2n) is 3.41. The quantitative estimate of drug-likeness (QED) is 0.739. The van der Waals surface area contributed by atoms with Gasteiger partial charge in [0, 0.05) is 13.1 Å². The summed E-state index contributed by atoms with van der Waals surface area (Å²) >= 11 is 2.95. The van der Waals surface area contributed by atoms with Crippen LogP contribution in [0.25, 0.3) is 0 Å². The number of piperidine rings is 1. The molecular formula is C7H14BrNO3S. The summed E-state index contributed by atoms with van der Waals surface area (Å²) in [4.78, 5) is 0. The van der Waals surface area contributed by atoms with Crippen molar-refractivity contribution in [1.29, 1.82) is 0 Å². The lowest BCUT2D eigenvalue weighted by Crippen LogP contribution is -2.45. The molecule has 1 aliphatic heterocycles. The van der Waals surface area contributed by atoms with Crippen LogP contribution >= 0.6 is 15.9 Å². The van der Waals surface area contributed by atoms with E-state index in [4.69, 9.17) is 0 Å². The summed E-state index contributed by atoms with van der Waals surface area (Å²) in [5.41, 5.74) is 0. The summed E-state index contributed by atoms with van der Waals surface area (Å²) < 4.78 is 24.2. The van der Waals surface area contributed by atoms with Gasteiger partial charge in [-0.05, 0) is 12.3 Å². The minimum absolute atomic E-state index is 0.0302. The van der Waals surface area contributed by atoms with Gasteiger partial charge in [-0.1, -0.05) is 22.9 Å². The monoisotopic (exact) mass is 271 g/mol. The maximum absolute atomic E-state index is 11.4. The molecule has 0 saturated carbocycles. The van der Waals surface area contributed by atoms with E-state index in [1.807, 2.05) is 6.92 Å². The Kier molecular flexibility index (Phi) is 3.73. The zero-order valence-electron chi connectivity index (χ0n) is 7.48. The van der Waals surface area contributed by atoms with Gasteiger partial charge in [-0.3, -0.25) is 0 Å². The number of halogens is 1. The Morgan fingerprint density at radius 2 is 2.23 bits per heavy atom. The molecule has 0 aromatic rings. The third-order valence-corrected chi connectivity index (χ3v) is 5.48. The second kappa shape index (κ2) is 4.25. The molecule has 13 heavy (non-hydrogen) atoms. The zero-order valence-corrected chi connectivity index (χ0v) is 9.88. The van der Waals surface area contributed by atoms with Gasteiger partial charge in [0.1, 0.15) is 4.66 Å². The largest absolute Gasteiger partial charge is 0.393 e. The standard InChI is InChI=1S/C7H14BrNO3S/c1-6-4-9(3-2-7(6)10)13(11,12)5-8/h6-7,10H,2-5H2,1H3. The fourth-order valence-electron chi connectivity index (χ4n) is 1.42. The van der Waals surface area contributed by atoms with E-state index in [1.54, 1.807) is 0 Å². The molecule has 1 saturated heterocycles. The van der Waals surface area contributed by atoms with Crippen molar-refractivity contribution in [1.82, 2.24) is 4.31 Å². The van der Waals surface area contributed by atoms with Gasteiger partial charge >= 0.3 is 0 Å². The Morgan fingerprint density at radius 1 is 1.62 bits per heavy atom. The molecule has 0 radical (unpaired) electrons. The molecule has 1 aliphatic rings. The molecule has 2 atom stereocenters. The number of alkyl halides is 1. The number of aliphatic hydroxyl groups is 1. The molecule has 0 spiro atoms. The third kappa shape index (κ3) is 2.65. The molecular weight excluding hydrogens is 258 g/mol. The van der Waals surface area contributed by atoms with E-state index in [0.29, 0.717) is 19.5 Å². The van der Waals surface area contributed by atoms with Gasteiger partial charge in [-0.15, -0.1) is 0 Å². The van der Waals surface area contributed by atoms with E-state index >= 15 is 0 Å². The second-order valence-corrected chi connectivity index (χ2v) is 6.68. The van der Waals surface area contributed by atoms with Gasteiger partial charge in [0.15, 0.2) is 0 Å². The number of nitrogens with zero attached hydrogens (tertiary/aromatic N) is 1. The highest BCUT2D eigenvalue weighted by Crippen LogP contribution is 2.19. The summed E-state index contributed by atoms with van der Waals surface area (Å²) in [6, 6.07) is 0. The van der Waals surface area contributed by atoms with Crippen LogP contribution < -0.4 is 0 Å². The first-order valence-corrected chi connectivity index (χ1v) is 6.92.